The van der Waals surface area contributed by atoms with E-state index < -0.39 is 0 Å². The van der Waals surface area contributed by atoms with Gasteiger partial charge in [-0.05, 0) is 25.1 Å². The molecule has 2 aliphatic heterocycles. The summed E-state index contributed by atoms with van der Waals surface area (Å²) in [7, 11) is 0. The molecule has 2 fully saturated rings. The van der Waals surface area contributed by atoms with Crippen LogP contribution in [0.4, 0.5) is 5.69 Å². The van der Waals surface area contributed by atoms with Crippen molar-refractivity contribution in [3.8, 4) is 0 Å². The number of amides is 2. The molecule has 1 aromatic carbocycles. The summed E-state index contributed by atoms with van der Waals surface area (Å²) in [6.45, 7) is 4.90. The van der Waals surface area contributed by atoms with Crippen molar-refractivity contribution in [3.05, 3.63) is 28.7 Å². The zero-order valence-corrected chi connectivity index (χ0v) is 15.4. The van der Waals surface area contributed by atoms with Gasteiger partial charge in [-0.3, -0.25) is 9.59 Å². The van der Waals surface area contributed by atoms with Crippen LogP contribution in [0.1, 0.15) is 13.3 Å². The number of anilines is 1. The van der Waals surface area contributed by atoms with Gasteiger partial charge in [0.05, 0.1) is 5.92 Å². The quantitative estimate of drug-likeness (QED) is 0.824. The summed E-state index contributed by atoms with van der Waals surface area (Å²) >= 11 is 3.42. The van der Waals surface area contributed by atoms with Crippen LogP contribution < -0.4 is 10.2 Å². The highest BCUT2D eigenvalue weighted by Crippen LogP contribution is 2.28. The molecule has 0 bridgehead atoms. The Morgan fingerprint density at radius 1 is 1.39 bits per heavy atom. The van der Waals surface area contributed by atoms with Crippen LogP contribution in [0.15, 0.2) is 28.7 Å². The lowest BCUT2D eigenvalue weighted by molar-refractivity contribution is -0.138. The summed E-state index contributed by atoms with van der Waals surface area (Å²) in [4.78, 5) is 28.6. The Morgan fingerprint density at radius 3 is 2.87 bits per heavy atom. The number of rotatable bonds is 2. The lowest BCUT2D eigenvalue weighted by Crippen LogP contribution is -2.54. The molecule has 2 heterocycles. The summed E-state index contributed by atoms with van der Waals surface area (Å²) in [5, 5.41) is 3.28. The zero-order valence-electron chi connectivity index (χ0n) is 13.0. The molecule has 0 spiro atoms. The molecule has 2 aliphatic rings. The van der Waals surface area contributed by atoms with Gasteiger partial charge in [-0.15, -0.1) is 12.4 Å². The number of nitrogens with one attached hydrogen (secondary N) is 1. The number of carbonyl (C=O) groups excluding carboxylic acids is 2. The lowest BCUT2D eigenvalue weighted by atomic mass is 10.1. The highest BCUT2D eigenvalue weighted by molar-refractivity contribution is 9.10. The SMILES string of the molecule is C[C@@H]1CNCCN1C(=O)C1CC(=O)N(c2cccc(Br)c2)C1.Cl. The van der Waals surface area contributed by atoms with E-state index in [1.807, 2.05) is 36.1 Å². The van der Waals surface area contributed by atoms with Crippen molar-refractivity contribution in [1.29, 1.82) is 0 Å². The molecule has 5 nitrogen and oxygen atoms in total. The van der Waals surface area contributed by atoms with E-state index in [1.54, 1.807) is 4.90 Å². The second kappa shape index (κ2) is 7.64. The van der Waals surface area contributed by atoms with Crippen molar-refractivity contribution in [1.82, 2.24) is 10.2 Å². The minimum atomic E-state index is -0.230. The molecule has 2 atom stereocenters. The van der Waals surface area contributed by atoms with Crippen molar-refractivity contribution in [2.45, 2.75) is 19.4 Å². The number of benzene rings is 1. The van der Waals surface area contributed by atoms with Gasteiger partial charge in [-0.1, -0.05) is 22.0 Å². The maximum absolute atomic E-state index is 12.7. The first-order valence-electron chi connectivity index (χ1n) is 7.63. The number of carbonyl (C=O) groups is 2. The monoisotopic (exact) mass is 401 g/mol. The second-order valence-corrected chi connectivity index (χ2v) is 6.89. The van der Waals surface area contributed by atoms with Crippen LogP contribution in [0.2, 0.25) is 0 Å². The Bertz CT molecular complexity index is 598. The Kier molecular flexibility index (Phi) is 6.06. The molecule has 3 rings (SSSR count). The average Bonchev–Trinajstić information content (AvgIpc) is 2.89. The maximum atomic E-state index is 12.7. The molecule has 0 saturated carbocycles. The molecular formula is C16H21BrClN3O2. The third-order valence-electron chi connectivity index (χ3n) is 4.38. The number of piperazine rings is 1. The van der Waals surface area contributed by atoms with Gasteiger partial charge in [-0.2, -0.15) is 0 Å². The minimum Gasteiger partial charge on any atom is -0.337 e. The largest absolute Gasteiger partial charge is 0.337 e. The van der Waals surface area contributed by atoms with E-state index in [0.29, 0.717) is 13.0 Å². The number of hydrogen-bond acceptors (Lipinski definition) is 3. The van der Waals surface area contributed by atoms with Crippen LogP contribution >= 0.6 is 28.3 Å². The van der Waals surface area contributed by atoms with Gasteiger partial charge < -0.3 is 15.1 Å². The van der Waals surface area contributed by atoms with Gasteiger partial charge >= 0.3 is 0 Å². The van der Waals surface area contributed by atoms with E-state index in [4.69, 9.17) is 0 Å². The minimum absolute atomic E-state index is 0. The predicted molar refractivity (Wildman–Crippen MR) is 95.9 cm³/mol. The average molecular weight is 403 g/mol. The van der Waals surface area contributed by atoms with Crippen molar-refractivity contribution in [3.63, 3.8) is 0 Å². The molecule has 126 valence electrons. The smallest absolute Gasteiger partial charge is 0.228 e. The molecule has 7 heteroatoms. The third kappa shape index (κ3) is 3.87. The molecule has 1 aromatic rings. The first kappa shape index (κ1) is 18.2. The summed E-state index contributed by atoms with van der Waals surface area (Å²) < 4.78 is 0.934. The van der Waals surface area contributed by atoms with E-state index in [1.165, 1.54) is 0 Å². The number of nitrogens with zero attached hydrogens (tertiary/aromatic N) is 2. The first-order valence-corrected chi connectivity index (χ1v) is 8.42. The Labute approximate surface area is 150 Å². The van der Waals surface area contributed by atoms with Crippen LogP contribution in [0.5, 0.6) is 0 Å². The fraction of sp³-hybridized carbons (Fsp3) is 0.500. The van der Waals surface area contributed by atoms with Crippen LogP contribution in [-0.4, -0.2) is 48.9 Å². The molecular weight excluding hydrogens is 382 g/mol. The first-order chi connectivity index (χ1) is 10.6. The fourth-order valence-corrected chi connectivity index (χ4v) is 3.56. The van der Waals surface area contributed by atoms with Crippen LogP contribution in [0.3, 0.4) is 0 Å². The molecule has 1 unspecified atom stereocenters. The van der Waals surface area contributed by atoms with Crippen molar-refractivity contribution >= 4 is 45.8 Å². The van der Waals surface area contributed by atoms with E-state index in [-0.39, 0.29) is 36.2 Å². The van der Waals surface area contributed by atoms with E-state index in [0.717, 1.165) is 29.8 Å². The molecule has 0 aromatic heterocycles. The third-order valence-corrected chi connectivity index (χ3v) is 4.87. The van der Waals surface area contributed by atoms with Gasteiger partial charge in [0, 0.05) is 48.8 Å². The van der Waals surface area contributed by atoms with Crippen molar-refractivity contribution in [2.75, 3.05) is 31.1 Å². The van der Waals surface area contributed by atoms with Gasteiger partial charge in [0.1, 0.15) is 0 Å². The van der Waals surface area contributed by atoms with Crippen molar-refractivity contribution in [2.24, 2.45) is 5.92 Å². The van der Waals surface area contributed by atoms with Crippen molar-refractivity contribution < 1.29 is 9.59 Å². The lowest BCUT2D eigenvalue weighted by Gasteiger charge is -2.35. The summed E-state index contributed by atoms with van der Waals surface area (Å²) in [6, 6.07) is 7.84. The number of hydrogen-bond donors (Lipinski definition) is 1. The van der Waals surface area contributed by atoms with Gasteiger partial charge in [0.2, 0.25) is 11.8 Å². The van der Waals surface area contributed by atoms with E-state index in [9.17, 15) is 9.59 Å². The Hall–Kier alpha value is -1.11. The van der Waals surface area contributed by atoms with Gasteiger partial charge in [-0.25, -0.2) is 0 Å². The topological polar surface area (TPSA) is 52.7 Å². The molecule has 2 amide bonds. The summed E-state index contributed by atoms with van der Waals surface area (Å²) in [5.74, 6) is -0.0916. The molecule has 1 N–H and O–H groups in total. The fourth-order valence-electron chi connectivity index (χ4n) is 3.17. The highest BCUT2D eigenvalue weighted by Gasteiger charge is 2.38. The number of halogens is 2. The molecule has 2 saturated heterocycles. The van der Waals surface area contributed by atoms with E-state index >= 15 is 0 Å². The van der Waals surface area contributed by atoms with Crippen LogP contribution in [-0.2, 0) is 9.59 Å². The zero-order chi connectivity index (χ0) is 15.7. The molecule has 23 heavy (non-hydrogen) atoms. The Balaban J connectivity index is 0.00000192. The second-order valence-electron chi connectivity index (χ2n) is 5.97. The Morgan fingerprint density at radius 2 is 2.17 bits per heavy atom. The van der Waals surface area contributed by atoms with Crippen LogP contribution in [0.25, 0.3) is 0 Å². The molecule has 0 radical (unpaired) electrons. The highest BCUT2D eigenvalue weighted by atomic mass is 79.9. The standard InChI is InChI=1S/C16H20BrN3O2.ClH/c1-11-9-18-5-6-19(11)16(22)12-7-15(21)20(10-12)14-4-2-3-13(17)8-14;/h2-4,8,11-12,18H,5-7,9-10H2,1H3;1H/t11-,12?;/m1./s1. The van der Waals surface area contributed by atoms with Crippen LogP contribution in [0, 0.1) is 5.92 Å². The predicted octanol–water partition coefficient (Wildman–Crippen LogP) is 2.04. The van der Waals surface area contributed by atoms with Gasteiger partial charge in [0.15, 0.2) is 0 Å². The normalized spacial score (nSPS) is 24.5. The summed E-state index contributed by atoms with van der Waals surface area (Å²) in [6.07, 6.45) is 0.308. The maximum Gasteiger partial charge on any atom is 0.228 e. The molecule has 0 aliphatic carbocycles. The van der Waals surface area contributed by atoms with Gasteiger partial charge in [0.25, 0.3) is 0 Å². The summed E-state index contributed by atoms with van der Waals surface area (Å²) in [5.41, 5.74) is 0.850. The van der Waals surface area contributed by atoms with E-state index in [2.05, 4.69) is 21.2 Å².